The number of carboxylic acid groups (broad SMARTS) is 4. The molecule has 0 spiro atoms. The molecule has 154 valence electrons. The van der Waals surface area contributed by atoms with Gasteiger partial charge in [-0.25, -0.2) is 41.1 Å². The van der Waals surface area contributed by atoms with Crippen molar-refractivity contribution in [2.75, 3.05) is 0 Å². The number of carboxylic acids is 4. The third-order valence-electron chi connectivity index (χ3n) is 3.14. The number of aromatic carboxylic acids is 4. The van der Waals surface area contributed by atoms with E-state index in [1.165, 1.54) is 0 Å². The first-order valence-corrected chi connectivity index (χ1v) is 6.89. The zero-order valence-corrected chi connectivity index (χ0v) is 13.5. The Labute approximate surface area is 156 Å². The average molecular weight is 422 g/mol. The molecule has 13 heteroatoms. The van der Waals surface area contributed by atoms with Crippen molar-refractivity contribution in [1.82, 2.24) is 0 Å². The van der Waals surface area contributed by atoms with Crippen molar-refractivity contribution < 1.29 is 61.6 Å². The molecule has 0 atom stereocenters. The van der Waals surface area contributed by atoms with Crippen LogP contribution < -0.4 is 0 Å². The van der Waals surface area contributed by atoms with Crippen molar-refractivity contribution in [2.45, 2.75) is 0 Å². The molecule has 29 heavy (non-hydrogen) atoms. The maximum Gasteiger partial charge on any atom is 0.341 e. The fourth-order valence-corrected chi connectivity index (χ4v) is 1.83. The van der Waals surface area contributed by atoms with Gasteiger partial charge >= 0.3 is 23.9 Å². The second-order valence-corrected chi connectivity index (χ2v) is 4.92. The summed E-state index contributed by atoms with van der Waals surface area (Å²) in [4.78, 5) is 41.3. The van der Waals surface area contributed by atoms with E-state index < -0.39 is 69.7 Å². The quantitative estimate of drug-likeness (QED) is 0.334. The van der Waals surface area contributed by atoms with Crippen LogP contribution in [0.2, 0.25) is 0 Å². The van der Waals surface area contributed by atoms with Gasteiger partial charge in [0.2, 0.25) is 0 Å². The van der Waals surface area contributed by atoms with Gasteiger partial charge in [0.05, 0.1) is 11.1 Å². The van der Waals surface area contributed by atoms with E-state index in [0.29, 0.717) is 6.07 Å². The van der Waals surface area contributed by atoms with Gasteiger partial charge in [0.1, 0.15) is 16.9 Å². The summed E-state index contributed by atoms with van der Waals surface area (Å²) >= 11 is 0. The monoisotopic (exact) mass is 422 g/mol. The lowest BCUT2D eigenvalue weighted by Gasteiger charge is -2.06. The molecule has 4 N–H and O–H groups in total. The van der Waals surface area contributed by atoms with E-state index in [1.54, 1.807) is 0 Å². The van der Waals surface area contributed by atoms with Gasteiger partial charge in [-0.3, -0.25) is 0 Å². The highest BCUT2D eigenvalue weighted by molar-refractivity contribution is 5.95. The summed E-state index contributed by atoms with van der Waals surface area (Å²) in [6.07, 6.45) is 0. The number of halogens is 5. The third-order valence-corrected chi connectivity index (χ3v) is 3.14. The number of carbonyl (C=O) groups is 4. The Kier molecular flexibility index (Phi) is 6.96. The molecule has 0 aromatic heterocycles. The van der Waals surface area contributed by atoms with E-state index in [0.717, 1.165) is 12.1 Å². The summed E-state index contributed by atoms with van der Waals surface area (Å²) in [5.74, 6) is -17.3. The minimum Gasteiger partial charge on any atom is -0.478 e. The number of benzene rings is 2. The number of hydrogen-bond donors (Lipinski definition) is 4. The highest BCUT2D eigenvalue weighted by atomic mass is 19.2. The zero-order chi connectivity index (χ0) is 22.6. The fraction of sp³-hybridized carbons (Fsp3) is 0. The molecule has 0 unspecified atom stereocenters. The Bertz CT molecular complexity index is 993. The minimum atomic E-state index is -2.35. The Balaban J connectivity index is 0.000000296. The molecule has 0 aliphatic heterocycles. The summed E-state index contributed by atoms with van der Waals surface area (Å²) in [5.41, 5.74) is -4.51. The standard InChI is InChI=1S/C8H2F4O4.C8H5FO4/c9-3-1(7(13)14)4(10)6(12)5(11)2(3)8(15)16;9-6-3-4(7(10)11)1-2-5(6)8(12)13/h(H,13,14)(H,15,16);1-3H,(H,10,11)(H,12,13). The second kappa shape index (κ2) is 8.77. The molecule has 0 fully saturated rings. The normalized spacial score (nSPS) is 9.97. The van der Waals surface area contributed by atoms with Crippen LogP contribution in [0.25, 0.3) is 0 Å². The van der Waals surface area contributed by atoms with Gasteiger partial charge in [-0.15, -0.1) is 0 Å². The van der Waals surface area contributed by atoms with E-state index in [1.807, 2.05) is 0 Å². The topological polar surface area (TPSA) is 149 Å². The maximum absolute atomic E-state index is 13.1. The SMILES string of the molecule is O=C(O)c1c(F)c(F)c(F)c(C(=O)O)c1F.O=C(O)c1ccc(C(=O)O)c(F)c1. The molecular weight excluding hydrogens is 415 g/mol. The molecule has 0 heterocycles. The zero-order valence-electron chi connectivity index (χ0n) is 13.5. The van der Waals surface area contributed by atoms with Gasteiger partial charge in [-0.1, -0.05) is 0 Å². The van der Waals surface area contributed by atoms with Gasteiger partial charge in [-0.05, 0) is 18.2 Å². The van der Waals surface area contributed by atoms with Crippen LogP contribution >= 0.6 is 0 Å². The highest BCUT2D eigenvalue weighted by Gasteiger charge is 2.32. The summed E-state index contributed by atoms with van der Waals surface area (Å²) in [6, 6.07) is 2.63. The van der Waals surface area contributed by atoms with Crippen LogP contribution in [0.4, 0.5) is 22.0 Å². The van der Waals surface area contributed by atoms with Gasteiger partial charge in [0, 0.05) is 0 Å². The van der Waals surface area contributed by atoms with E-state index in [2.05, 4.69) is 0 Å². The first-order chi connectivity index (χ1) is 13.3. The Morgan fingerprint density at radius 2 is 1.03 bits per heavy atom. The molecule has 0 aliphatic rings. The Morgan fingerprint density at radius 1 is 0.586 bits per heavy atom. The van der Waals surface area contributed by atoms with Crippen LogP contribution in [0, 0.1) is 29.1 Å². The van der Waals surface area contributed by atoms with Crippen molar-refractivity contribution in [3.63, 3.8) is 0 Å². The van der Waals surface area contributed by atoms with Gasteiger partial charge in [-0.2, -0.15) is 0 Å². The predicted octanol–water partition coefficient (Wildman–Crippen LogP) is 2.86. The molecule has 0 saturated carbocycles. The van der Waals surface area contributed by atoms with Crippen molar-refractivity contribution >= 4 is 23.9 Å². The Morgan fingerprint density at radius 3 is 1.34 bits per heavy atom. The molecule has 2 aromatic rings. The third kappa shape index (κ3) is 4.82. The summed E-state index contributed by atoms with van der Waals surface area (Å²) < 4.78 is 64.2. The van der Waals surface area contributed by atoms with Gasteiger partial charge in [0.25, 0.3) is 0 Å². The molecule has 0 amide bonds. The predicted molar refractivity (Wildman–Crippen MR) is 80.5 cm³/mol. The lowest BCUT2D eigenvalue weighted by atomic mass is 10.1. The molecule has 0 radical (unpaired) electrons. The molecule has 2 aromatic carbocycles. The molecule has 2 rings (SSSR count). The van der Waals surface area contributed by atoms with Crippen molar-refractivity contribution in [2.24, 2.45) is 0 Å². The van der Waals surface area contributed by atoms with Crippen LogP contribution in [0.3, 0.4) is 0 Å². The van der Waals surface area contributed by atoms with Gasteiger partial charge in [0.15, 0.2) is 23.3 Å². The smallest absolute Gasteiger partial charge is 0.341 e. The van der Waals surface area contributed by atoms with Crippen LogP contribution in [-0.4, -0.2) is 44.3 Å². The van der Waals surface area contributed by atoms with Crippen molar-refractivity contribution in [3.05, 3.63) is 69.5 Å². The van der Waals surface area contributed by atoms with Crippen molar-refractivity contribution in [1.29, 1.82) is 0 Å². The molecule has 0 bridgehead atoms. The lowest BCUT2D eigenvalue weighted by molar-refractivity contribution is 0.0666. The Hall–Kier alpha value is -4.03. The summed E-state index contributed by atoms with van der Waals surface area (Å²) in [6.45, 7) is 0. The largest absolute Gasteiger partial charge is 0.478 e. The number of hydrogen-bond acceptors (Lipinski definition) is 4. The van der Waals surface area contributed by atoms with E-state index in [9.17, 15) is 41.1 Å². The van der Waals surface area contributed by atoms with Crippen LogP contribution in [0.15, 0.2) is 18.2 Å². The molecule has 0 saturated heterocycles. The first-order valence-electron chi connectivity index (χ1n) is 6.89. The highest BCUT2D eigenvalue weighted by Crippen LogP contribution is 2.24. The molecular formula is C16H7F5O8. The second-order valence-electron chi connectivity index (χ2n) is 4.92. The fourth-order valence-electron chi connectivity index (χ4n) is 1.83. The van der Waals surface area contributed by atoms with E-state index >= 15 is 0 Å². The van der Waals surface area contributed by atoms with E-state index in [4.69, 9.17) is 20.4 Å². The summed E-state index contributed by atoms with van der Waals surface area (Å²) in [5, 5.41) is 33.4. The molecule has 8 nitrogen and oxygen atoms in total. The lowest BCUT2D eigenvalue weighted by Crippen LogP contribution is -2.16. The summed E-state index contributed by atoms with van der Waals surface area (Å²) in [7, 11) is 0. The van der Waals surface area contributed by atoms with Crippen molar-refractivity contribution in [3.8, 4) is 0 Å². The van der Waals surface area contributed by atoms with Crippen LogP contribution in [-0.2, 0) is 0 Å². The van der Waals surface area contributed by atoms with Crippen LogP contribution in [0.1, 0.15) is 41.4 Å². The average Bonchev–Trinajstić information content (AvgIpc) is 2.59. The maximum atomic E-state index is 13.1. The van der Waals surface area contributed by atoms with Crippen LogP contribution in [0.5, 0.6) is 0 Å². The number of rotatable bonds is 4. The van der Waals surface area contributed by atoms with E-state index in [-0.39, 0.29) is 5.56 Å². The molecule has 0 aliphatic carbocycles. The minimum absolute atomic E-state index is 0.275. The van der Waals surface area contributed by atoms with Gasteiger partial charge < -0.3 is 20.4 Å². The first kappa shape index (κ1) is 23.0.